The minimum Gasteiger partial charge on any atom is -0.378 e. The SMILES string of the molecule is O=C([C@H]1CCCN(C(=O)[C@H]2CCCN2Cc2ccccc2)C1)N1CCOCC1. The maximum Gasteiger partial charge on any atom is 0.239 e. The first-order chi connectivity index (χ1) is 13.7. The van der Waals surface area contributed by atoms with E-state index in [2.05, 4.69) is 29.2 Å². The van der Waals surface area contributed by atoms with E-state index in [1.54, 1.807) is 0 Å². The second-order valence-electron chi connectivity index (χ2n) is 8.18. The van der Waals surface area contributed by atoms with Gasteiger partial charge in [0, 0.05) is 32.7 Å². The molecule has 1 aromatic carbocycles. The van der Waals surface area contributed by atoms with Crippen LogP contribution >= 0.6 is 0 Å². The van der Waals surface area contributed by atoms with Gasteiger partial charge in [0.1, 0.15) is 0 Å². The number of carbonyl (C=O) groups is 2. The van der Waals surface area contributed by atoms with Crippen LogP contribution in [0.25, 0.3) is 0 Å². The zero-order valence-electron chi connectivity index (χ0n) is 16.6. The minimum atomic E-state index is -0.0558. The molecule has 0 aliphatic carbocycles. The Kier molecular flexibility index (Phi) is 6.27. The fraction of sp³-hybridized carbons (Fsp3) is 0.636. The zero-order chi connectivity index (χ0) is 19.3. The normalized spacial score (nSPS) is 26.4. The molecule has 0 spiro atoms. The van der Waals surface area contributed by atoms with Gasteiger partial charge >= 0.3 is 0 Å². The molecule has 3 aliphatic heterocycles. The lowest BCUT2D eigenvalue weighted by molar-refractivity contribution is -0.145. The van der Waals surface area contributed by atoms with E-state index in [-0.39, 0.29) is 23.8 Å². The highest BCUT2D eigenvalue weighted by molar-refractivity contribution is 5.84. The van der Waals surface area contributed by atoms with E-state index < -0.39 is 0 Å². The van der Waals surface area contributed by atoms with E-state index >= 15 is 0 Å². The Bertz CT molecular complexity index is 675. The van der Waals surface area contributed by atoms with Crippen molar-refractivity contribution in [3.63, 3.8) is 0 Å². The average molecular weight is 386 g/mol. The third kappa shape index (κ3) is 4.39. The molecule has 0 bridgehead atoms. The van der Waals surface area contributed by atoms with Gasteiger partial charge in [0.25, 0.3) is 0 Å². The van der Waals surface area contributed by atoms with Crippen LogP contribution in [0.1, 0.15) is 31.2 Å². The molecule has 0 radical (unpaired) electrons. The fourth-order valence-electron chi connectivity index (χ4n) is 4.74. The van der Waals surface area contributed by atoms with Gasteiger partial charge in [-0.1, -0.05) is 30.3 Å². The van der Waals surface area contributed by atoms with E-state index in [0.29, 0.717) is 32.8 Å². The number of amides is 2. The molecular weight excluding hydrogens is 354 g/mol. The molecule has 3 saturated heterocycles. The minimum absolute atomic E-state index is 0.0440. The fourth-order valence-corrected chi connectivity index (χ4v) is 4.74. The molecule has 152 valence electrons. The van der Waals surface area contributed by atoms with Crippen LogP contribution in [0.3, 0.4) is 0 Å². The molecule has 3 aliphatic rings. The van der Waals surface area contributed by atoms with Crippen molar-refractivity contribution in [3.05, 3.63) is 35.9 Å². The van der Waals surface area contributed by atoms with Crippen molar-refractivity contribution >= 4 is 11.8 Å². The van der Waals surface area contributed by atoms with Crippen molar-refractivity contribution in [1.82, 2.24) is 14.7 Å². The van der Waals surface area contributed by atoms with Gasteiger partial charge in [-0.2, -0.15) is 0 Å². The third-order valence-electron chi connectivity index (χ3n) is 6.28. The van der Waals surface area contributed by atoms with E-state index in [0.717, 1.165) is 45.3 Å². The first-order valence-corrected chi connectivity index (χ1v) is 10.7. The molecule has 0 saturated carbocycles. The quantitative estimate of drug-likeness (QED) is 0.792. The second-order valence-corrected chi connectivity index (χ2v) is 8.18. The van der Waals surface area contributed by atoms with E-state index in [9.17, 15) is 9.59 Å². The van der Waals surface area contributed by atoms with Gasteiger partial charge in [-0.15, -0.1) is 0 Å². The molecule has 0 N–H and O–H groups in total. The summed E-state index contributed by atoms with van der Waals surface area (Å²) >= 11 is 0. The molecule has 6 heteroatoms. The lowest BCUT2D eigenvalue weighted by Crippen LogP contribution is -2.52. The number of hydrogen-bond donors (Lipinski definition) is 0. The number of carbonyl (C=O) groups excluding carboxylic acids is 2. The molecule has 3 heterocycles. The number of nitrogens with zero attached hydrogens (tertiary/aromatic N) is 3. The predicted octanol–water partition coefficient (Wildman–Crippen LogP) is 1.75. The molecule has 2 atom stereocenters. The number of rotatable bonds is 4. The van der Waals surface area contributed by atoms with Gasteiger partial charge < -0.3 is 14.5 Å². The number of ether oxygens (including phenoxy) is 1. The summed E-state index contributed by atoms with van der Waals surface area (Å²) in [5.74, 6) is 0.362. The zero-order valence-corrected chi connectivity index (χ0v) is 16.6. The number of likely N-dealkylation sites (tertiary alicyclic amines) is 2. The number of morpholine rings is 1. The predicted molar refractivity (Wildman–Crippen MR) is 107 cm³/mol. The highest BCUT2D eigenvalue weighted by Crippen LogP contribution is 2.25. The lowest BCUT2D eigenvalue weighted by Gasteiger charge is -2.38. The Morgan fingerprint density at radius 1 is 0.893 bits per heavy atom. The number of hydrogen-bond acceptors (Lipinski definition) is 4. The Labute approximate surface area is 167 Å². The summed E-state index contributed by atoms with van der Waals surface area (Å²) in [6.45, 7) is 5.74. The van der Waals surface area contributed by atoms with Crippen molar-refractivity contribution < 1.29 is 14.3 Å². The summed E-state index contributed by atoms with van der Waals surface area (Å²) in [7, 11) is 0. The van der Waals surface area contributed by atoms with Gasteiger partial charge in [0.05, 0.1) is 25.2 Å². The van der Waals surface area contributed by atoms with Gasteiger partial charge in [-0.3, -0.25) is 14.5 Å². The molecule has 2 amide bonds. The van der Waals surface area contributed by atoms with Gasteiger partial charge in [-0.25, -0.2) is 0 Å². The van der Waals surface area contributed by atoms with Crippen LogP contribution in [0.15, 0.2) is 30.3 Å². The van der Waals surface area contributed by atoms with Crippen LogP contribution in [-0.4, -0.2) is 78.5 Å². The van der Waals surface area contributed by atoms with Crippen LogP contribution in [0.2, 0.25) is 0 Å². The maximum absolute atomic E-state index is 13.3. The first-order valence-electron chi connectivity index (χ1n) is 10.7. The average Bonchev–Trinajstić information content (AvgIpc) is 3.22. The first kappa shape index (κ1) is 19.4. The largest absolute Gasteiger partial charge is 0.378 e. The molecular formula is C22H31N3O3. The molecule has 0 aromatic heterocycles. The molecule has 3 fully saturated rings. The molecule has 0 unspecified atom stereocenters. The monoisotopic (exact) mass is 385 g/mol. The Balaban J connectivity index is 1.37. The topological polar surface area (TPSA) is 53.1 Å². The highest BCUT2D eigenvalue weighted by atomic mass is 16.5. The summed E-state index contributed by atoms with van der Waals surface area (Å²) in [5.41, 5.74) is 1.25. The van der Waals surface area contributed by atoms with Crippen LogP contribution < -0.4 is 0 Å². The smallest absolute Gasteiger partial charge is 0.239 e. The summed E-state index contributed by atoms with van der Waals surface area (Å²) in [6, 6.07) is 10.3. The van der Waals surface area contributed by atoms with Gasteiger partial charge in [-0.05, 0) is 37.8 Å². The van der Waals surface area contributed by atoms with Crippen molar-refractivity contribution in [1.29, 1.82) is 0 Å². The highest BCUT2D eigenvalue weighted by Gasteiger charge is 2.37. The second kappa shape index (κ2) is 9.05. The third-order valence-corrected chi connectivity index (χ3v) is 6.28. The van der Waals surface area contributed by atoms with Crippen LogP contribution in [0.5, 0.6) is 0 Å². The van der Waals surface area contributed by atoms with Crippen LogP contribution in [0, 0.1) is 5.92 Å². The summed E-state index contributed by atoms with van der Waals surface area (Å²) < 4.78 is 5.36. The summed E-state index contributed by atoms with van der Waals surface area (Å²) in [4.78, 5) is 32.3. The molecule has 6 nitrogen and oxygen atoms in total. The van der Waals surface area contributed by atoms with Crippen molar-refractivity contribution in [2.24, 2.45) is 5.92 Å². The van der Waals surface area contributed by atoms with E-state index in [1.165, 1.54) is 5.56 Å². The lowest BCUT2D eigenvalue weighted by atomic mass is 9.95. The van der Waals surface area contributed by atoms with E-state index in [4.69, 9.17) is 4.74 Å². The number of benzene rings is 1. The summed E-state index contributed by atoms with van der Waals surface area (Å²) in [6.07, 6.45) is 3.79. The Morgan fingerprint density at radius 2 is 1.64 bits per heavy atom. The van der Waals surface area contributed by atoms with Crippen molar-refractivity contribution in [2.75, 3.05) is 45.9 Å². The molecule has 1 aromatic rings. The standard InChI is InChI=1S/C22H31N3O3/c26-21(23-12-14-28-15-13-23)19-8-4-11-25(17-19)22(27)20-9-5-10-24(20)16-18-6-2-1-3-7-18/h1-3,6-7,19-20H,4-5,8-17H2/t19-,20+/m0/s1. The van der Waals surface area contributed by atoms with Crippen molar-refractivity contribution in [3.8, 4) is 0 Å². The van der Waals surface area contributed by atoms with Gasteiger partial charge in [0.15, 0.2) is 0 Å². The van der Waals surface area contributed by atoms with Crippen molar-refractivity contribution in [2.45, 2.75) is 38.3 Å². The van der Waals surface area contributed by atoms with Crippen LogP contribution in [-0.2, 0) is 20.9 Å². The Morgan fingerprint density at radius 3 is 2.43 bits per heavy atom. The maximum atomic E-state index is 13.3. The molecule has 4 rings (SSSR count). The summed E-state index contributed by atoms with van der Waals surface area (Å²) in [5, 5.41) is 0. The van der Waals surface area contributed by atoms with Crippen LogP contribution in [0.4, 0.5) is 0 Å². The van der Waals surface area contributed by atoms with Gasteiger partial charge in [0.2, 0.25) is 11.8 Å². The number of piperidine rings is 1. The molecule has 28 heavy (non-hydrogen) atoms. The van der Waals surface area contributed by atoms with E-state index in [1.807, 2.05) is 15.9 Å². The Hall–Kier alpha value is -1.92.